The summed E-state index contributed by atoms with van der Waals surface area (Å²) < 4.78 is 6.90. The van der Waals surface area contributed by atoms with Crippen LogP contribution in [0.2, 0.25) is 5.02 Å². The smallest absolute Gasteiger partial charge is 0.411 e. The van der Waals surface area contributed by atoms with Gasteiger partial charge in [-0.05, 0) is 81.7 Å². The van der Waals surface area contributed by atoms with Crippen LogP contribution in [0, 0.1) is 0 Å². The summed E-state index contributed by atoms with van der Waals surface area (Å²) in [4.78, 5) is 33.0. The topological polar surface area (TPSA) is 152 Å². The first-order valence-corrected chi connectivity index (χ1v) is 14.1. The van der Waals surface area contributed by atoms with Crippen molar-refractivity contribution in [1.82, 2.24) is 35.5 Å². The number of amides is 2. The predicted molar refractivity (Wildman–Crippen MR) is 159 cm³/mol. The SMILES string of the molecule is COC(=O)Nc1ccc2c(c1)NCCCCC[C@H](NC(=O)C=Cc1cc(Cl)ccc1-n1cnnn1)c1nc-2c(Br)[nH]1. The molecule has 2 amide bonds. The van der Waals surface area contributed by atoms with Gasteiger partial charge in [0.05, 0.1) is 18.8 Å². The van der Waals surface area contributed by atoms with E-state index in [1.165, 1.54) is 24.2 Å². The molecule has 3 heterocycles. The fraction of sp³-hybridized carbons (Fsp3) is 0.259. The van der Waals surface area contributed by atoms with Crippen molar-refractivity contribution < 1.29 is 14.3 Å². The van der Waals surface area contributed by atoms with Gasteiger partial charge in [-0.3, -0.25) is 10.1 Å². The molecule has 0 saturated carbocycles. The Morgan fingerprint density at radius 3 is 2.88 bits per heavy atom. The number of nitrogens with zero attached hydrogens (tertiary/aromatic N) is 5. The fourth-order valence-electron chi connectivity index (χ4n) is 4.53. The molecule has 0 unspecified atom stereocenters. The Bertz CT molecular complexity index is 1570. The quantitative estimate of drug-likeness (QED) is 0.209. The summed E-state index contributed by atoms with van der Waals surface area (Å²) in [7, 11) is 1.32. The van der Waals surface area contributed by atoms with E-state index in [4.69, 9.17) is 21.3 Å². The number of imidazole rings is 1. The molecule has 0 fully saturated rings. The van der Waals surface area contributed by atoms with Crippen molar-refractivity contribution >= 4 is 57.0 Å². The van der Waals surface area contributed by atoms with Gasteiger partial charge >= 0.3 is 6.09 Å². The third kappa shape index (κ3) is 6.92. The number of methoxy groups -OCH3 is 1. The molecule has 2 aromatic carbocycles. The van der Waals surface area contributed by atoms with Crippen molar-refractivity contribution in [3.63, 3.8) is 0 Å². The molecule has 1 aliphatic heterocycles. The van der Waals surface area contributed by atoms with E-state index in [0.29, 0.717) is 44.5 Å². The molecule has 12 nitrogen and oxygen atoms in total. The van der Waals surface area contributed by atoms with Gasteiger partial charge in [0.25, 0.3) is 0 Å². The Kier molecular flexibility index (Phi) is 8.95. The highest BCUT2D eigenvalue weighted by atomic mass is 79.9. The summed E-state index contributed by atoms with van der Waals surface area (Å²) in [6, 6.07) is 10.4. The maximum Gasteiger partial charge on any atom is 0.411 e. The van der Waals surface area contributed by atoms with Gasteiger partial charge in [-0.25, -0.2) is 9.78 Å². The first-order valence-electron chi connectivity index (χ1n) is 12.9. The average molecular weight is 641 g/mol. The number of nitrogens with one attached hydrogen (secondary N) is 4. The van der Waals surface area contributed by atoms with Crippen LogP contribution in [0.1, 0.15) is 43.1 Å². The zero-order valence-corrected chi connectivity index (χ0v) is 24.4. The van der Waals surface area contributed by atoms with Crippen molar-refractivity contribution in [2.75, 3.05) is 24.3 Å². The third-order valence-corrected chi connectivity index (χ3v) is 7.32. The standard InChI is InChI=1S/C27H27BrClN9O3/c1-41-27(40)32-18-8-9-19-21(14-18)30-12-4-2-3-5-20(26-34-24(19)25(28)35-26)33-23(39)11-6-16-13-17(29)7-10-22(16)38-15-31-36-37-38/h6-11,13-15,20,30H,2-5,12H2,1H3,(H,32,40)(H,33,39)(H,34,35)/t20-/m0/s1. The van der Waals surface area contributed by atoms with Gasteiger partial charge in [0.15, 0.2) is 0 Å². The third-order valence-electron chi connectivity index (χ3n) is 6.52. The summed E-state index contributed by atoms with van der Waals surface area (Å²) in [5.41, 5.74) is 4.32. The number of ether oxygens (including phenoxy) is 1. The monoisotopic (exact) mass is 639 g/mol. The number of benzene rings is 2. The minimum absolute atomic E-state index is 0.278. The second-order valence-corrected chi connectivity index (χ2v) is 10.5. The highest BCUT2D eigenvalue weighted by molar-refractivity contribution is 9.10. The van der Waals surface area contributed by atoms with Crippen LogP contribution in [0.5, 0.6) is 0 Å². The summed E-state index contributed by atoms with van der Waals surface area (Å²) in [5.74, 6) is 0.355. The van der Waals surface area contributed by atoms with Crippen LogP contribution in [-0.4, -0.2) is 55.8 Å². The first kappa shape index (κ1) is 28.3. The summed E-state index contributed by atoms with van der Waals surface area (Å²) in [6.07, 6.45) is 7.56. The molecule has 0 saturated heterocycles. The van der Waals surface area contributed by atoms with E-state index >= 15 is 0 Å². The molecule has 1 atom stereocenters. The number of tetrazole rings is 1. The van der Waals surface area contributed by atoms with Crippen LogP contribution in [0.15, 0.2) is 53.4 Å². The second-order valence-electron chi connectivity index (χ2n) is 9.29. The first-order chi connectivity index (χ1) is 19.9. The summed E-state index contributed by atoms with van der Waals surface area (Å²) >= 11 is 9.82. The number of carbonyl (C=O) groups is 2. The number of aromatic amines is 1. The van der Waals surface area contributed by atoms with E-state index in [2.05, 4.69) is 52.4 Å². The van der Waals surface area contributed by atoms with Crippen molar-refractivity contribution in [2.24, 2.45) is 0 Å². The molecule has 4 N–H and O–H groups in total. The van der Waals surface area contributed by atoms with Crippen molar-refractivity contribution in [3.05, 3.63) is 69.8 Å². The number of rotatable bonds is 5. The predicted octanol–water partition coefficient (Wildman–Crippen LogP) is 5.50. The lowest BCUT2D eigenvalue weighted by Gasteiger charge is -2.17. The number of halogens is 2. The number of carbonyl (C=O) groups excluding carboxylic acids is 2. The van der Waals surface area contributed by atoms with Gasteiger partial charge < -0.3 is 20.4 Å². The Balaban J connectivity index is 1.39. The van der Waals surface area contributed by atoms with Crippen LogP contribution < -0.4 is 16.0 Å². The van der Waals surface area contributed by atoms with Crippen LogP contribution in [0.3, 0.4) is 0 Å². The molecule has 41 heavy (non-hydrogen) atoms. The van der Waals surface area contributed by atoms with E-state index in [1.54, 1.807) is 30.3 Å². The summed E-state index contributed by atoms with van der Waals surface area (Å²) in [5, 5.41) is 21.1. The molecule has 5 rings (SSSR count). The van der Waals surface area contributed by atoms with Gasteiger partial charge in [-0.15, -0.1) is 5.10 Å². The van der Waals surface area contributed by atoms with Gasteiger partial charge in [0, 0.05) is 40.1 Å². The fourth-order valence-corrected chi connectivity index (χ4v) is 5.22. The van der Waals surface area contributed by atoms with Crippen molar-refractivity contribution in [2.45, 2.75) is 31.7 Å². The molecule has 2 bridgehead atoms. The second kappa shape index (κ2) is 13.0. The molecule has 0 radical (unpaired) electrons. The molecule has 14 heteroatoms. The van der Waals surface area contributed by atoms with Crippen LogP contribution in [0.4, 0.5) is 16.2 Å². The number of H-pyrrole nitrogens is 1. The van der Waals surface area contributed by atoms with Gasteiger partial charge in [0.1, 0.15) is 22.4 Å². The normalized spacial score (nSPS) is 15.2. The van der Waals surface area contributed by atoms with Crippen molar-refractivity contribution in [1.29, 1.82) is 0 Å². The van der Waals surface area contributed by atoms with Gasteiger partial charge in [-0.2, -0.15) is 4.68 Å². The Hall–Kier alpha value is -4.23. The van der Waals surface area contributed by atoms with Crippen LogP contribution in [0.25, 0.3) is 23.0 Å². The summed E-state index contributed by atoms with van der Waals surface area (Å²) in [6.45, 7) is 0.743. The Morgan fingerprint density at radius 2 is 2.07 bits per heavy atom. The molecule has 212 valence electrons. The number of aromatic nitrogens is 6. The van der Waals surface area contributed by atoms with E-state index in [0.717, 1.165) is 37.1 Å². The molecule has 0 spiro atoms. The minimum Gasteiger partial charge on any atom is -0.453 e. The Labute approximate surface area is 249 Å². The maximum absolute atomic E-state index is 13.1. The molecular formula is C27H27BrClN9O3. The van der Waals surface area contributed by atoms with Crippen LogP contribution >= 0.6 is 27.5 Å². The maximum atomic E-state index is 13.1. The largest absolute Gasteiger partial charge is 0.453 e. The highest BCUT2D eigenvalue weighted by Gasteiger charge is 2.22. The minimum atomic E-state index is -0.545. The number of hydrogen-bond donors (Lipinski definition) is 4. The Morgan fingerprint density at radius 1 is 1.20 bits per heavy atom. The molecule has 1 aliphatic rings. The molecule has 2 aromatic heterocycles. The zero-order chi connectivity index (χ0) is 28.8. The average Bonchev–Trinajstić information content (AvgIpc) is 3.63. The lowest BCUT2D eigenvalue weighted by Crippen LogP contribution is -2.28. The van der Waals surface area contributed by atoms with E-state index < -0.39 is 6.09 Å². The van der Waals surface area contributed by atoms with Gasteiger partial charge in [0.2, 0.25) is 5.91 Å². The van der Waals surface area contributed by atoms with E-state index in [9.17, 15) is 9.59 Å². The van der Waals surface area contributed by atoms with Gasteiger partial charge in [-0.1, -0.05) is 24.4 Å². The van der Waals surface area contributed by atoms with E-state index in [-0.39, 0.29) is 11.9 Å². The van der Waals surface area contributed by atoms with Crippen LogP contribution in [-0.2, 0) is 9.53 Å². The highest BCUT2D eigenvalue weighted by Crippen LogP contribution is 2.36. The molecule has 4 aromatic rings. The molecular weight excluding hydrogens is 614 g/mol. The van der Waals surface area contributed by atoms with Crippen molar-refractivity contribution in [3.8, 4) is 16.9 Å². The number of anilines is 2. The number of fused-ring (bicyclic) bond motifs is 4. The number of hydrogen-bond acceptors (Lipinski definition) is 8. The molecule has 0 aliphatic carbocycles. The lowest BCUT2D eigenvalue weighted by atomic mass is 10.1. The zero-order valence-electron chi connectivity index (χ0n) is 22.0. The lowest BCUT2D eigenvalue weighted by molar-refractivity contribution is -0.117. The van der Waals surface area contributed by atoms with E-state index in [1.807, 2.05) is 12.1 Å².